The maximum atomic E-state index is 16.0. The maximum absolute atomic E-state index is 16.0. The second kappa shape index (κ2) is 11.1. The predicted octanol–water partition coefficient (Wildman–Crippen LogP) is 4.24. The van der Waals surface area contributed by atoms with Crippen molar-refractivity contribution in [2.45, 2.75) is 39.7 Å². The number of carbonyl (C=O) groups excluding carboxylic acids is 1. The Hall–Kier alpha value is -5.20. The van der Waals surface area contributed by atoms with E-state index in [9.17, 15) is 9.59 Å². The number of aromatic nitrogens is 6. The lowest BCUT2D eigenvalue weighted by atomic mass is 9.99. The molecular weight excluding hydrogens is 580 g/mol. The van der Waals surface area contributed by atoms with Crippen molar-refractivity contribution in [2.24, 2.45) is 7.05 Å². The average molecular weight is 614 g/mol. The summed E-state index contributed by atoms with van der Waals surface area (Å²) in [6.07, 6.45) is 2.91. The van der Waals surface area contributed by atoms with E-state index in [2.05, 4.69) is 21.5 Å². The van der Waals surface area contributed by atoms with E-state index < -0.39 is 17.3 Å². The van der Waals surface area contributed by atoms with Gasteiger partial charge in [-0.2, -0.15) is 4.98 Å². The van der Waals surface area contributed by atoms with Crippen LogP contribution < -0.4 is 16.3 Å². The van der Waals surface area contributed by atoms with Crippen molar-refractivity contribution in [3.05, 3.63) is 76.6 Å². The molecule has 13 heteroatoms. The van der Waals surface area contributed by atoms with Crippen molar-refractivity contribution in [2.75, 3.05) is 30.3 Å². The number of aryl methyl sites for hydroxylation is 2. The van der Waals surface area contributed by atoms with Crippen LogP contribution in [-0.2, 0) is 11.8 Å². The molecule has 11 nitrogen and oxygen atoms in total. The maximum Gasteiger partial charge on any atom is 0.355 e. The Balaban J connectivity index is 1.70. The highest BCUT2D eigenvalue weighted by molar-refractivity contribution is 5.93. The zero-order chi connectivity index (χ0) is 32.3. The van der Waals surface area contributed by atoms with Crippen LogP contribution in [0.25, 0.3) is 39.1 Å². The smallest absolute Gasteiger partial charge is 0.355 e. The molecule has 1 atom stereocenters. The van der Waals surface area contributed by atoms with E-state index in [4.69, 9.17) is 10.7 Å². The van der Waals surface area contributed by atoms with Crippen LogP contribution in [0.2, 0.25) is 0 Å². The van der Waals surface area contributed by atoms with Gasteiger partial charge in [-0.15, -0.1) is 0 Å². The van der Waals surface area contributed by atoms with Crippen molar-refractivity contribution in [3.8, 4) is 16.9 Å². The number of halogens is 2. The molecule has 232 valence electrons. The van der Waals surface area contributed by atoms with Gasteiger partial charge in [0.25, 0.3) is 0 Å². The van der Waals surface area contributed by atoms with Crippen molar-refractivity contribution >= 4 is 39.6 Å². The van der Waals surface area contributed by atoms with E-state index in [1.807, 2.05) is 32.7 Å². The first kappa shape index (κ1) is 29.9. The third kappa shape index (κ3) is 4.78. The molecule has 0 unspecified atom stereocenters. The summed E-state index contributed by atoms with van der Waals surface area (Å²) in [5.41, 5.74) is 7.86. The summed E-state index contributed by atoms with van der Waals surface area (Å²) in [7, 11) is 1.84. The van der Waals surface area contributed by atoms with Gasteiger partial charge in [0.1, 0.15) is 22.8 Å². The molecular formula is C32H33F2N9O2. The van der Waals surface area contributed by atoms with Crippen LogP contribution in [-0.4, -0.2) is 65.6 Å². The summed E-state index contributed by atoms with van der Waals surface area (Å²) in [6.45, 7) is 12.2. The van der Waals surface area contributed by atoms with E-state index in [1.54, 1.807) is 22.7 Å². The van der Waals surface area contributed by atoms with Crippen molar-refractivity contribution in [1.29, 1.82) is 0 Å². The van der Waals surface area contributed by atoms with E-state index in [0.717, 1.165) is 5.56 Å². The summed E-state index contributed by atoms with van der Waals surface area (Å²) >= 11 is 0. The third-order valence-corrected chi connectivity index (χ3v) is 8.30. The van der Waals surface area contributed by atoms with E-state index in [0.29, 0.717) is 42.2 Å². The number of carbonyl (C=O) groups is 1. The normalized spacial score (nSPS) is 15.4. The van der Waals surface area contributed by atoms with Gasteiger partial charge >= 0.3 is 5.69 Å². The molecule has 1 aromatic carbocycles. The summed E-state index contributed by atoms with van der Waals surface area (Å²) < 4.78 is 34.3. The van der Waals surface area contributed by atoms with Crippen molar-refractivity contribution in [1.82, 2.24) is 34.0 Å². The Morgan fingerprint density at radius 1 is 1.13 bits per heavy atom. The lowest BCUT2D eigenvalue weighted by Crippen LogP contribution is -2.54. The van der Waals surface area contributed by atoms with Crippen molar-refractivity contribution < 1.29 is 13.6 Å². The number of amides is 1. The molecule has 1 amide bonds. The molecule has 5 heterocycles. The van der Waals surface area contributed by atoms with E-state index in [1.165, 1.54) is 34.9 Å². The highest BCUT2D eigenvalue weighted by Gasteiger charge is 2.31. The van der Waals surface area contributed by atoms with Crippen LogP contribution in [0.1, 0.15) is 37.9 Å². The second-order valence-corrected chi connectivity index (χ2v) is 11.6. The molecule has 0 spiro atoms. The standard InChI is InChI=1S/C32H33F2N9O2/c1-7-23(44)41-11-12-42(17(4)14-41)29-19-13-21(34)26(25-20(33)9-8-10-22(25)35)38-30(19)43(32(45)39-29)28-18(5)37-31-27(24(28)16(2)3)36-15-40(31)6/h7-10,13,15-17H,1,11-12,14,35H2,2-6H3/t17-/m0/s1. The number of piperazine rings is 1. The number of hydrogen-bond acceptors (Lipinski definition) is 8. The Kier molecular flexibility index (Phi) is 7.34. The Bertz CT molecular complexity index is 2070. The number of rotatable bonds is 5. The molecule has 1 fully saturated rings. The fourth-order valence-corrected chi connectivity index (χ4v) is 6.19. The number of pyridine rings is 2. The molecule has 1 aliphatic heterocycles. The number of fused-ring (bicyclic) bond motifs is 2. The zero-order valence-electron chi connectivity index (χ0n) is 25.7. The summed E-state index contributed by atoms with van der Waals surface area (Å²) in [4.78, 5) is 48.5. The van der Waals surface area contributed by atoms with Crippen LogP contribution in [0.5, 0.6) is 0 Å². The number of nitrogen functional groups attached to an aromatic ring is 1. The van der Waals surface area contributed by atoms with Gasteiger partial charge in [-0.1, -0.05) is 26.5 Å². The SMILES string of the molecule is C=CC(=O)N1CCN(c2nc(=O)n(-c3c(C)nc4c(ncn4C)c3C(C)C)c3nc(-c4c(N)cccc4F)c(F)cc23)[C@@H](C)C1. The van der Waals surface area contributed by atoms with Gasteiger partial charge in [0.2, 0.25) is 5.91 Å². The summed E-state index contributed by atoms with van der Waals surface area (Å²) in [5.74, 6) is -1.70. The second-order valence-electron chi connectivity index (χ2n) is 11.6. The minimum Gasteiger partial charge on any atom is -0.398 e. The Morgan fingerprint density at radius 2 is 1.89 bits per heavy atom. The topological polar surface area (TPSA) is 128 Å². The Morgan fingerprint density at radius 3 is 2.56 bits per heavy atom. The fourth-order valence-electron chi connectivity index (χ4n) is 6.19. The third-order valence-electron chi connectivity index (χ3n) is 8.30. The number of hydrogen-bond donors (Lipinski definition) is 1. The molecule has 0 radical (unpaired) electrons. The van der Waals surface area contributed by atoms with E-state index >= 15 is 8.78 Å². The predicted molar refractivity (Wildman–Crippen MR) is 169 cm³/mol. The van der Waals surface area contributed by atoms with Gasteiger partial charge in [0.05, 0.1) is 28.7 Å². The molecule has 6 rings (SSSR count). The number of benzene rings is 1. The first-order chi connectivity index (χ1) is 21.4. The first-order valence-electron chi connectivity index (χ1n) is 14.6. The number of nitrogens with two attached hydrogens (primary N) is 1. The molecule has 0 aliphatic carbocycles. The van der Waals surface area contributed by atoms with Gasteiger partial charge < -0.3 is 20.1 Å². The van der Waals surface area contributed by atoms with Gasteiger partial charge in [-0.25, -0.2) is 33.1 Å². The van der Waals surface area contributed by atoms with Crippen LogP contribution in [0.3, 0.4) is 0 Å². The van der Waals surface area contributed by atoms with Crippen LogP contribution >= 0.6 is 0 Å². The van der Waals surface area contributed by atoms with Crippen molar-refractivity contribution in [3.63, 3.8) is 0 Å². The lowest BCUT2D eigenvalue weighted by molar-refractivity contribution is -0.126. The number of anilines is 2. The van der Waals surface area contributed by atoms with Gasteiger partial charge in [0, 0.05) is 44.0 Å². The minimum atomic E-state index is -0.834. The molecule has 1 saturated heterocycles. The lowest BCUT2D eigenvalue weighted by Gasteiger charge is -2.40. The zero-order valence-corrected chi connectivity index (χ0v) is 25.7. The molecule has 5 aromatic rings. The fraction of sp³-hybridized carbons (Fsp3) is 0.312. The van der Waals surface area contributed by atoms with E-state index in [-0.39, 0.29) is 51.7 Å². The highest BCUT2D eigenvalue weighted by atomic mass is 19.1. The molecule has 4 aromatic heterocycles. The molecule has 45 heavy (non-hydrogen) atoms. The van der Waals surface area contributed by atoms with Crippen LogP contribution in [0.4, 0.5) is 20.3 Å². The average Bonchev–Trinajstić information content (AvgIpc) is 3.35. The molecule has 2 N–H and O–H groups in total. The largest absolute Gasteiger partial charge is 0.398 e. The van der Waals surface area contributed by atoms with Crippen LogP contribution in [0, 0.1) is 18.6 Å². The van der Waals surface area contributed by atoms with Gasteiger partial charge in [0.15, 0.2) is 17.1 Å². The van der Waals surface area contributed by atoms with Gasteiger partial charge in [-0.3, -0.25) is 4.79 Å². The number of nitrogens with zero attached hydrogens (tertiary/aromatic N) is 8. The molecule has 1 aliphatic rings. The quantitative estimate of drug-likeness (QED) is 0.230. The summed E-state index contributed by atoms with van der Waals surface area (Å²) in [5, 5.41) is 0.233. The van der Waals surface area contributed by atoms with Gasteiger partial charge in [-0.05, 0) is 44.0 Å². The first-order valence-corrected chi connectivity index (χ1v) is 14.6. The molecule has 0 bridgehead atoms. The molecule has 0 saturated carbocycles. The van der Waals surface area contributed by atoms with Crippen LogP contribution in [0.15, 0.2) is 48.0 Å². The Labute approximate surface area is 257 Å². The summed E-state index contributed by atoms with van der Waals surface area (Å²) in [6, 6.07) is 4.99. The monoisotopic (exact) mass is 613 g/mol. The highest BCUT2D eigenvalue weighted by Crippen LogP contribution is 2.37. The minimum absolute atomic E-state index is 0.00354. The number of imidazole rings is 1.